The summed E-state index contributed by atoms with van der Waals surface area (Å²) in [6, 6.07) is 5.56. The Kier molecular flexibility index (Phi) is 2.12. The zero-order chi connectivity index (χ0) is 11.1. The Morgan fingerprint density at radius 1 is 1.38 bits per heavy atom. The van der Waals surface area contributed by atoms with E-state index in [1.165, 1.54) is 0 Å². The summed E-state index contributed by atoms with van der Waals surface area (Å²) < 4.78 is 1.99. The summed E-state index contributed by atoms with van der Waals surface area (Å²) in [5.41, 5.74) is 8.24. The molecule has 0 spiro atoms. The van der Waals surface area contributed by atoms with Crippen LogP contribution in [0, 0.1) is 0 Å². The molecule has 80 valence electrons. The molecule has 16 heavy (non-hydrogen) atoms. The van der Waals surface area contributed by atoms with Gasteiger partial charge in [-0.1, -0.05) is 17.7 Å². The number of rotatable bonds is 1. The van der Waals surface area contributed by atoms with Gasteiger partial charge in [0.15, 0.2) is 4.96 Å². The second kappa shape index (κ2) is 3.50. The molecule has 0 amide bonds. The quantitative estimate of drug-likeness (QED) is 0.673. The molecule has 0 atom stereocenters. The molecule has 0 saturated heterocycles. The predicted molar refractivity (Wildman–Crippen MR) is 67.9 cm³/mol. The third-order valence-corrected chi connectivity index (χ3v) is 3.50. The smallest absolute Gasteiger partial charge is 0.194 e. The van der Waals surface area contributed by atoms with Gasteiger partial charge in [0.05, 0.1) is 16.4 Å². The van der Waals surface area contributed by atoms with Crippen molar-refractivity contribution in [1.82, 2.24) is 9.38 Å². The van der Waals surface area contributed by atoms with Gasteiger partial charge in [0.1, 0.15) is 0 Å². The average Bonchev–Trinajstić information content (AvgIpc) is 2.81. The monoisotopic (exact) mass is 249 g/mol. The molecular formula is C11H8ClN3S. The van der Waals surface area contributed by atoms with Crippen LogP contribution in [-0.4, -0.2) is 9.38 Å². The van der Waals surface area contributed by atoms with Crippen LogP contribution in [0.15, 0.2) is 36.0 Å². The second-order valence-electron chi connectivity index (χ2n) is 3.46. The minimum atomic E-state index is 0.574. The zero-order valence-corrected chi connectivity index (χ0v) is 9.79. The Hall–Kier alpha value is -1.52. The fourth-order valence-corrected chi connectivity index (χ4v) is 2.39. The van der Waals surface area contributed by atoms with Crippen molar-refractivity contribution in [1.29, 1.82) is 0 Å². The summed E-state index contributed by atoms with van der Waals surface area (Å²) >= 11 is 7.48. The second-order valence-corrected chi connectivity index (χ2v) is 4.74. The van der Waals surface area contributed by atoms with Crippen molar-refractivity contribution in [2.24, 2.45) is 0 Å². The fourth-order valence-electron chi connectivity index (χ4n) is 1.57. The molecule has 0 bridgehead atoms. The molecule has 2 N–H and O–H groups in total. The normalized spacial score (nSPS) is 11.1. The van der Waals surface area contributed by atoms with Gasteiger partial charge in [-0.25, -0.2) is 4.98 Å². The third kappa shape index (κ3) is 1.47. The van der Waals surface area contributed by atoms with Gasteiger partial charge in [0.2, 0.25) is 0 Å². The van der Waals surface area contributed by atoms with Crippen LogP contribution in [0.3, 0.4) is 0 Å². The van der Waals surface area contributed by atoms with Crippen molar-refractivity contribution in [2.75, 3.05) is 5.73 Å². The average molecular weight is 250 g/mol. The first-order valence-electron chi connectivity index (χ1n) is 4.71. The van der Waals surface area contributed by atoms with Gasteiger partial charge in [-0.2, -0.15) is 0 Å². The van der Waals surface area contributed by atoms with E-state index in [0.29, 0.717) is 10.7 Å². The highest BCUT2D eigenvalue weighted by Crippen LogP contribution is 2.27. The lowest BCUT2D eigenvalue weighted by Gasteiger charge is -2.00. The Bertz CT molecular complexity index is 628. The van der Waals surface area contributed by atoms with E-state index in [2.05, 4.69) is 4.98 Å². The summed E-state index contributed by atoms with van der Waals surface area (Å²) in [6.07, 6.45) is 3.96. The van der Waals surface area contributed by atoms with E-state index in [9.17, 15) is 0 Å². The molecule has 0 radical (unpaired) electrons. The van der Waals surface area contributed by atoms with Crippen molar-refractivity contribution in [3.63, 3.8) is 0 Å². The van der Waals surface area contributed by atoms with Crippen LogP contribution in [0.5, 0.6) is 0 Å². The highest BCUT2D eigenvalue weighted by atomic mass is 35.5. The SMILES string of the molecule is Nc1cc(-c2cn3ccsc3n2)ccc1Cl. The lowest BCUT2D eigenvalue weighted by molar-refractivity contribution is 1.23. The van der Waals surface area contributed by atoms with E-state index in [-0.39, 0.29) is 0 Å². The van der Waals surface area contributed by atoms with Gasteiger partial charge in [-0.05, 0) is 12.1 Å². The van der Waals surface area contributed by atoms with Gasteiger partial charge in [-0.15, -0.1) is 11.3 Å². The fraction of sp³-hybridized carbons (Fsp3) is 0. The summed E-state index contributed by atoms with van der Waals surface area (Å²) in [5.74, 6) is 0. The number of hydrogen-bond acceptors (Lipinski definition) is 3. The Morgan fingerprint density at radius 3 is 3.00 bits per heavy atom. The van der Waals surface area contributed by atoms with E-state index in [1.54, 1.807) is 17.4 Å². The first-order valence-corrected chi connectivity index (χ1v) is 5.97. The highest BCUT2D eigenvalue weighted by Gasteiger charge is 2.06. The lowest BCUT2D eigenvalue weighted by Crippen LogP contribution is -1.87. The number of thiazole rings is 1. The number of aromatic nitrogens is 2. The molecule has 0 aliphatic heterocycles. The Labute approximate surface area is 101 Å². The van der Waals surface area contributed by atoms with Crippen LogP contribution >= 0.6 is 22.9 Å². The molecule has 0 fully saturated rings. The summed E-state index contributed by atoms with van der Waals surface area (Å²) in [5, 5.41) is 2.58. The third-order valence-electron chi connectivity index (χ3n) is 2.39. The van der Waals surface area contributed by atoms with Gasteiger partial charge in [0, 0.05) is 23.3 Å². The van der Waals surface area contributed by atoms with Crippen molar-refractivity contribution in [3.05, 3.63) is 41.0 Å². The van der Waals surface area contributed by atoms with Crippen LogP contribution in [0.1, 0.15) is 0 Å². The molecule has 3 rings (SSSR count). The molecule has 2 aromatic heterocycles. The predicted octanol–water partition coefficient (Wildman–Crippen LogP) is 3.30. The lowest BCUT2D eigenvalue weighted by atomic mass is 10.1. The molecule has 1 aromatic carbocycles. The van der Waals surface area contributed by atoms with E-state index in [0.717, 1.165) is 16.2 Å². The number of benzene rings is 1. The summed E-state index contributed by atoms with van der Waals surface area (Å²) in [4.78, 5) is 5.47. The van der Waals surface area contributed by atoms with Crippen molar-refractivity contribution in [2.45, 2.75) is 0 Å². The first kappa shape index (κ1) is 9.69. The number of halogens is 1. The largest absolute Gasteiger partial charge is 0.398 e. The molecule has 5 heteroatoms. The van der Waals surface area contributed by atoms with E-state index in [4.69, 9.17) is 17.3 Å². The van der Waals surface area contributed by atoms with Gasteiger partial charge in [0.25, 0.3) is 0 Å². The number of nitrogens with two attached hydrogens (primary N) is 1. The summed E-state index contributed by atoms with van der Waals surface area (Å²) in [6.45, 7) is 0. The molecule has 0 saturated carbocycles. The standard InChI is InChI=1S/C11H8ClN3S/c12-8-2-1-7(5-9(8)13)10-6-15-3-4-16-11(15)14-10/h1-6H,13H2. The Morgan fingerprint density at radius 2 is 2.25 bits per heavy atom. The van der Waals surface area contributed by atoms with Crippen LogP contribution in [0.25, 0.3) is 16.2 Å². The molecule has 0 unspecified atom stereocenters. The molecule has 3 nitrogen and oxygen atoms in total. The van der Waals surface area contributed by atoms with E-state index in [1.807, 2.05) is 34.3 Å². The van der Waals surface area contributed by atoms with Gasteiger partial charge >= 0.3 is 0 Å². The molecule has 3 aromatic rings. The highest BCUT2D eigenvalue weighted by molar-refractivity contribution is 7.15. The maximum absolute atomic E-state index is 5.88. The maximum Gasteiger partial charge on any atom is 0.194 e. The number of nitrogen functional groups attached to an aromatic ring is 1. The van der Waals surface area contributed by atoms with Crippen molar-refractivity contribution < 1.29 is 0 Å². The number of nitrogens with zero attached hydrogens (tertiary/aromatic N) is 2. The molecule has 2 heterocycles. The topological polar surface area (TPSA) is 43.3 Å². The van der Waals surface area contributed by atoms with Crippen LogP contribution < -0.4 is 5.73 Å². The Balaban J connectivity index is 2.15. The zero-order valence-electron chi connectivity index (χ0n) is 8.22. The van der Waals surface area contributed by atoms with Crippen molar-refractivity contribution >= 4 is 33.6 Å². The minimum absolute atomic E-state index is 0.574. The van der Waals surface area contributed by atoms with Crippen LogP contribution in [0.4, 0.5) is 5.69 Å². The van der Waals surface area contributed by atoms with Gasteiger partial charge < -0.3 is 5.73 Å². The summed E-state index contributed by atoms with van der Waals surface area (Å²) in [7, 11) is 0. The number of anilines is 1. The van der Waals surface area contributed by atoms with Crippen molar-refractivity contribution in [3.8, 4) is 11.3 Å². The van der Waals surface area contributed by atoms with Crippen LogP contribution in [-0.2, 0) is 0 Å². The minimum Gasteiger partial charge on any atom is -0.398 e. The first-order chi connectivity index (χ1) is 7.74. The van der Waals surface area contributed by atoms with Gasteiger partial charge in [-0.3, -0.25) is 4.40 Å². The molecular weight excluding hydrogens is 242 g/mol. The van der Waals surface area contributed by atoms with Crippen LogP contribution in [0.2, 0.25) is 5.02 Å². The van der Waals surface area contributed by atoms with E-state index >= 15 is 0 Å². The number of hydrogen-bond donors (Lipinski definition) is 1. The molecule has 0 aliphatic carbocycles. The van der Waals surface area contributed by atoms with E-state index < -0.39 is 0 Å². The number of imidazole rings is 1. The maximum atomic E-state index is 5.88. The molecule has 0 aliphatic rings. The number of fused-ring (bicyclic) bond motifs is 1.